The molecular formula is C4H5N3O3. The maximum atomic E-state index is 10.6. The number of nitrogens with one attached hydrogen (secondary N) is 1. The van der Waals surface area contributed by atoms with Gasteiger partial charge < -0.3 is 10.2 Å². The molecule has 0 bridgehead atoms. The van der Waals surface area contributed by atoms with Gasteiger partial charge in [0, 0.05) is 0 Å². The number of hydrogen-bond acceptors (Lipinski definition) is 5. The zero-order valence-corrected chi connectivity index (χ0v) is 4.85. The van der Waals surface area contributed by atoms with Crippen LogP contribution in [0.1, 0.15) is 11.9 Å². The fraction of sp³-hybridized carbons (Fsp3) is 0.250. The van der Waals surface area contributed by atoms with Crippen molar-refractivity contribution in [3.8, 4) is 0 Å². The topological polar surface area (TPSA) is 99.1 Å². The fourth-order valence-corrected chi connectivity index (χ4v) is 0.472. The summed E-state index contributed by atoms with van der Waals surface area (Å²) in [6.07, 6.45) is -0.803. The Morgan fingerprint density at radius 3 is 2.70 bits per heavy atom. The van der Waals surface area contributed by atoms with E-state index in [4.69, 9.17) is 10.2 Å². The molecule has 0 unspecified atom stereocenters. The highest BCUT2D eigenvalue weighted by Crippen LogP contribution is 1.97. The van der Waals surface area contributed by atoms with E-state index in [0.717, 1.165) is 6.20 Å². The molecule has 0 radical (unpaired) electrons. The molecule has 1 heterocycles. The quantitative estimate of drug-likeness (QED) is 0.401. The Morgan fingerprint density at radius 1 is 1.60 bits per heavy atom. The summed E-state index contributed by atoms with van der Waals surface area (Å²) in [5.41, 5.74) is -0.861. The molecule has 0 saturated heterocycles. The Labute approximate surface area is 55.1 Å². The van der Waals surface area contributed by atoms with Gasteiger partial charge in [-0.1, -0.05) is 5.21 Å². The molecular weight excluding hydrogens is 138 g/mol. The van der Waals surface area contributed by atoms with E-state index in [-0.39, 0.29) is 5.56 Å². The highest BCUT2D eigenvalue weighted by atomic mass is 16.5. The standard InChI is InChI=1S/C4H5N3O3/c8-3-2(4(9)10)1-5-7-6-3/h1,4,9-10H,(H,5,6,8). The van der Waals surface area contributed by atoms with Crippen molar-refractivity contribution < 1.29 is 10.2 Å². The molecule has 0 aliphatic heterocycles. The second-order valence-electron chi connectivity index (χ2n) is 1.61. The van der Waals surface area contributed by atoms with Crippen molar-refractivity contribution in [2.24, 2.45) is 0 Å². The van der Waals surface area contributed by atoms with E-state index in [9.17, 15) is 4.79 Å². The molecule has 0 aliphatic rings. The third-order valence-electron chi connectivity index (χ3n) is 0.946. The van der Waals surface area contributed by atoms with Crippen LogP contribution in [0.3, 0.4) is 0 Å². The van der Waals surface area contributed by atoms with E-state index in [1.54, 1.807) is 0 Å². The Balaban J connectivity index is 3.16. The van der Waals surface area contributed by atoms with Crippen LogP contribution in [0.4, 0.5) is 0 Å². The lowest BCUT2D eigenvalue weighted by Gasteiger charge is -1.97. The van der Waals surface area contributed by atoms with Crippen LogP contribution >= 0.6 is 0 Å². The van der Waals surface area contributed by atoms with Crippen molar-refractivity contribution >= 4 is 0 Å². The Kier molecular flexibility index (Phi) is 1.74. The summed E-state index contributed by atoms with van der Waals surface area (Å²) in [7, 11) is 0. The van der Waals surface area contributed by atoms with Gasteiger partial charge in [-0.2, -0.15) is 0 Å². The van der Waals surface area contributed by atoms with E-state index in [0.29, 0.717) is 0 Å². The number of rotatable bonds is 1. The molecule has 1 aromatic rings. The maximum absolute atomic E-state index is 10.6. The van der Waals surface area contributed by atoms with Crippen LogP contribution in [0.15, 0.2) is 11.0 Å². The van der Waals surface area contributed by atoms with E-state index in [1.807, 2.05) is 5.10 Å². The van der Waals surface area contributed by atoms with Crippen molar-refractivity contribution in [3.05, 3.63) is 22.1 Å². The molecule has 0 saturated carbocycles. The molecule has 1 aromatic heterocycles. The van der Waals surface area contributed by atoms with Gasteiger partial charge in [-0.05, 0) is 0 Å². The number of aromatic amines is 1. The Bertz CT molecular complexity index is 268. The number of aliphatic hydroxyl groups excluding tert-OH is 1. The lowest BCUT2D eigenvalue weighted by Crippen LogP contribution is -2.17. The third-order valence-corrected chi connectivity index (χ3v) is 0.946. The van der Waals surface area contributed by atoms with E-state index >= 15 is 0 Å². The van der Waals surface area contributed by atoms with Crippen LogP contribution in [-0.2, 0) is 0 Å². The largest absolute Gasteiger partial charge is 0.364 e. The third kappa shape index (κ3) is 1.17. The van der Waals surface area contributed by atoms with Gasteiger partial charge in [0.2, 0.25) is 0 Å². The molecule has 54 valence electrons. The molecule has 3 N–H and O–H groups in total. The van der Waals surface area contributed by atoms with E-state index in [2.05, 4.69) is 10.3 Å². The molecule has 10 heavy (non-hydrogen) atoms. The minimum atomic E-state index is -1.79. The molecule has 6 heteroatoms. The van der Waals surface area contributed by atoms with Gasteiger partial charge in [0.15, 0.2) is 6.29 Å². The number of nitrogens with zero attached hydrogens (tertiary/aromatic N) is 2. The monoisotopic (exact) mass is 143 g/mol. The molecule has 1 rings (SSSR count). The van der Waals surface area contributed by atoms with Gasteiger partial charge in [0.1, 0.15) is 0 Å². The second kappa shape index (κ2) is 2.54. The van der Waals surface area contributed by atoms with Crippen LogP contribution in [0, 0.1) is 0 Å². The lowest BCUT2D eigenvalue weighted by atomic mass is 10.3. The highest BCUT2D eigenvalue weighted by molar-refractivity contribution is 5.01. The maximum Gasteiger partial charge on any atom is 0.275 e. The number of H-pyrrole nitrogens is 1. The van der Waals surface area contributed by atoms with Crippen molar-refractivity contribution in [1.29, 1.82) is 0 Å². The predicted molar refractivity (Wildman–Crippen MR) is 29.8 cm³/mol. The first-order chi connectivity index (χ1) is 4.72. The van der Waals surface area contributed by atoms with E-state index < -0.39 is 11.8 Å². The summed E-state index contributed by atoms with van der Waals surface area (Å²) >= 11 is 0. The van der Waals surface area contributed by atoms with Crippen molar-refractivity contribution in [1.82, 2.24) is 15.4 Å². The molecule has 0 spiro atoms. The summed E-state index contributed by atoms with van der Waals surface area (Å²) in [5.74, 6) is 0. The molecule has 0 aromatic carbocycles. The lowest BCUT2D eigenvalue weighted by molar-refractivity contribution is -0.0440. The van der Waals surface area contributed by atoms with Crippen LogP contribution in [-0.4, -0.2) is 25.6 Å². The van der Waals surface area contributed by atoms with E-state index in [1.165, 1.54) is 0 Å². The average molecular weight is 143 g/mol. The van der Waals surface area contributed by atoms with Gasteiger partial charge in [-0.3, -0.25) is 4.79 Å². The Morgan fingerprint density at radius 2 is 2.30 bits per heavy atom. The van der Waals surface area contributed by atoms with Crippen molar-refractivity contribution in [2.45, 2.75) is 6.29 Å². The highest BCUT2D eigenvalue weighted by Gasteiger charge is 2.06. The van der Waals surface area contributed by atoms with Crippen LogP contribution < -0.4 is 5.56 Å². The van der Waals surface area contributed by atoms with Gasteiger partial charge in [0.25, 0.3) is 5.56 Å². The smallest absolute Gasteiger partial charge is 0.275 e. The summed E-state index contributed by atoms with van der Waals surface area (Å²) in [6, 6.07) is 0. The number of aromatic nitrogens is 3. The fourth-order valence-electron chi connectivity index (χ4n) is 0.472. The SMILES string of the molecule is O=c1[nH]nncc1C(O)O. The average Bonchev–Trinajstić information content (AvgIpc) is 1.88. The second-order valence-corrected chi connectivity index (χ2v) is 1.61. The Hall–Kier alpha value is -1.27. The molecule has 0 atom stereocenters. The van der Waals surface area contributed by atoms with Gasteiger partial charge in [0.05, 0.1) is 11.8 Å². The number of aliphatic hydroxyl groups is 2. The number of hydrogen-bond donors (Lipinski definition) is 3. The van der Waals surface area contributed by atoms with Gasteiger partial charge in [-0.25, -0.2) is 5.10 Å². The summed E-state index contributed by atoms with van der Waals surface area (Å²) < 4.78 is 0. The van der Waals surface area contributed by atoms with Crippen LogP contribution in [0.25, 0.3) is 0 Å². The summed E-state index contributed by atoms with van der Waals surface area (Å²) in [6.45, 7) is 0. The normalized spacial score (nSPS) is 10.3. The zero-order chi connectivity index (χ0) is 7.56. The van der Waals surface area contributed by atoms with Crippen LogP contribution in [0.5, 0.6) is 0 Å². The molecule has 6 nitrogen and oxygen atoms in total. The minimum Gasteiger partial charge on any atom is -0.364 e. The predicted octanol–water partition coefficient (Wildman–Crippen LogP) is -1.85. The van der Waals surface area contributed by atoms with Crippen molar-refractivity contribution in [3.63, 3.8) is 0 Å². The van der Waals surface area contributed by atoms with Gasteiger partial charge >= 0.3 is 0 Å². The van der Waals surface area contributed by atoms with Gasteiger partial charge in [-0.15, -0.1) is 5.10 Å². The summed E-state index contributed by atoms with van der Waals surface area (Å²) in [5, 5.41) is 25.2. The molecule has 0 aliphatic carbocycles. The first kappa shape index (κ1) is 6.84. The summed E-state index contributed by atoms with van der Waals surface area (Å²) in [4.78, 5) is 10.6. The molecule has 0 fully saturated rings. The first-order valence-corrected chi connectivity index (χ1v) is 2.48. The van der Waals surface area contributed by atoms with Crippen molar-refractivity contribution in [2.75, 3.05) is 0 Å². The van der Waals surface area contributed by atoms with Crippen LogP contribution in [0.2, 0.25) is 0 Å². The minimum absolute atomic E-state index is 0.213. The zero-order valence-electron chi connectivity index (χ0n) is 4.85. The first-order valence-electron chi connectivity index (χ1n) is 2.48. The molecule has 0 amide bonds.